The molecular weight excluding hydrogens is 628 g/mol. The number of aromatic nitrogens is 2. The van der Waals surface area contributed by atoms with E-state index in [9.17, 15) is 30.0 Å². The quantitative estimate of drug-likeness (QED) is 0.0701. The minimum absolute atomic E-state index is 0.0437. The van der Waals surface area contributed by atoms with E-state index in [-0.39, 0.29) is 34.6 Å². The van der Waals surface area contributed by atoms with Crippen molar-refractivity contribution in [3.8, 4) is 34.1 Å². The van der Waals surface area contributed by atoms with E-state index in [1.54, 1.807) is 36.4 Å². The minimum Gasteiger partial charge on any atom is -0.508 e. The normalized spacial score (nSPS) is 11.3. The molecule has 0 saturated heterocycles. The molecule has 0 aliphatic heterocycles. The molecule has 0 unspecified atom stereocenters. The summed E-state index contributed by atoms with van der Waals surface area (Å²) < 4.78 is 4.14. The van der Waals surface area contributed by atoms with Gasteiger partial charge in [-0.2, -0.15) is 0 Å². The zero-order chi connectivity index (χ0) is 35.0. The highest BCUT2D eigenvalue weighted by Crippen LogP contribution is 2.25. The van der Waals surface area contributed by atoms with Gasteiger partial charge in [0.05, 0.1) is 0 Å². The number of allylic oxidation sites excluding steroid dienone is 2. The van der Waals surface area contributed by atoms with Crippen molar-refractivity contribution in [3.05, 3.63) is 180 Å². The second-order valence-electron chi connectivity index (χ2n) is 11.8. The standard InChI is InChI=1S/C42H32N2O6/c45-37-13-9-35(41(49)25-37)11-15-39(47)33-5-1-29(2-6-33)27-43-21-17-31(18-22-43)32-19-23-44(24-20-32)28-30-3-7-34(8-4-30)40(48)16-12-36-10-14-38(46)26-42(36)50/h1-26H,27-28H2,(H2-2,45,46,47,48,49,50)/p+2. The van der Waals surface area contributed by atoms with Crippen molar-refractivity contribution in [2.24, 2.45) is 0 Å². The molecule has 50 heavy (non-hydrogen) atoms. The highest BCUT2D eigenvalue weighted by molar-refractivity contribution is 6.07. The molecular formula is C42H34N2O6+2. The zero-order valence-corrected chi connectivity index (χ0v) is 26.9. The van der Waals surface area contributed by atoms with E-state index in [2.05, 4.69) is 33.4 Å². The fraction of sp³-hybridized carbons (Fsp3) is 0.0476. The van der Waals surface area contributed by atoms with Crippen LogP contribution in [0.1, 0.15) is 43.0 Å². The SMILES string of the molecule is O=C(C=Cc1ccc(O)cc1O)c1ccc(C[n+]2ccc(-c3cc[n+](Cc4ccc(C(=O)C=Cc5ccc(O)cc5O)cc4)cc3)cc2)cc1. The third-order valence-corrected chi connectivity index (χ3v) is 8.18. The molecule has 0 amide bonds. The van der Waals surface area contributed by atoms with Crippen molar-refractivity contribution in [1.82, 2.24) is 0 Å². The monoisotopic (exact) mass is 662 g/mol. The van der Waals surface area contributed by atoms with Gasteiger partial charge in [0.15, 0.2) is 49.4 Å². The lowest BCUT2D eigenvalue weighted by Crippen LogP contribution is -2.33. The largest absolute Gasteiger partial charge is 0.508 e. The number of carbonyl (C=O) groups is 2. The van der Waals surface area contributed by atoms with Gasteiger partial charge >= 0.3 is 0 Å². The summed E-state index contributed by atoms with van der Waals surface area (Å²) in [5, 5.41) is 38.7. The third-order valence-electron chi connectivity index (χ3n) is 8.18. The van der Waals surface area contributed by atoms with Crippen LogP contribution in [0.15, 0.2) is 146 Å². The number of aromatic hydroxyl groups is 4. The molecule has 0 aliphatic carbocycles. The molecule has 2 heterocycles. The van der Waals surface area contributed by atoms with E-state index in [0.717, 1.165) is 22.3 Å². The summed E-state index contributed by atoms with van der Waals surface area (Å²) in [6.45, 7) is 1.28. The van der Waals surface area contributed by atoms with E-state index in [0.29, 0.717) is 35.3 Å². The Hall–Kier alpha value is -6.80. The smallest absolute Gasteiger partial charge is 0.185 e. The molecule has 6 aromatic rings. The van der Waals surface area contributed by atoms with Crippen molar-refractivity contribution in [2.75, 3.05) is 0 Å². The van der Waals surface area contributed by atoms with Crippen molar-refractivity contribution < 1.29 is 39.1 Å². The average molecular weight is 663 g/mol. The maximum atomic E-state index is 12.6. The first-order valence-corrected chi connectivity index (χ1v) is 15.9. The fourth-order valence-electron chi connectivity index (χ4n) is 5.35. The van der Waals surface area contributed by atoms with Crippen LogP contribution in [-0.4, -0.2) is 32.0 Å². The summed E-state index contributed by atoms with van der Waals surface area (Å²) in [7, 11) is 0. The lowest BCUT2D eigenvalue weighted by molar-refractivity contribution is -0.688. The number of phenolic OH excluding ortho intramolecular Hbond substituents is 4. The first-order chi connectivity index (χ1) is 24.2. The lowest BCUT2D eigenvalue weighted by Gasteiger charge is -2.04. The van der Waals surface area contributed by atoms with E-state index >= 15 is 0 Å². The van der Waals surface area contributed by atoms with E-state index in [4.69, 9.17) is 0 Å². The van der Waals surface area contributed by atoms with Gasteiger partial charge in [0.25, 0.3) is 0 Å². The van der Waals surface area contributed by atoms with Crippen LogP contribution in [0.5, 0.6) is 23.0 Å². The van der Waals surface area contributed by atoms with Gasteiger partial charge in [0.1, 0.15) is 23.0 Å². The van der Waals surface area contributed by atoms with Gasteiger partial charge in [-0.1, -0.05) is 48.5 Å². The molecule has 0 saturated carbocycles. The van der Waals surface area contributed by atoms with Gasteiger partial charge in [-0.15, -0.1) is 0 Å². The maximum absolute atomic E-state index is 12.6. The Morgan fingerprint density at radius 3 is 1.18 bits per heavy atom. The molecule has 0 spiro atoms. The Kier molecular flexibility index (Phi) is 9.91. The van der Waals surface area contributed by atoms with Crippen LogP contribution in [0, 0.1) is 0 Å². The molecule has 246 valence electrons. The molecule has 6 rings (SSSR count). The molecule has 0 atom stereocenters. The predicted octanol–water partition coefficient (Wildman–Crippen LogP) is 6.64. The molecule has 0 aliphatic rings. The van der Waals surface area contributed by atoms with Crippen LogP contribution in [0.25, 0.3) is 23.3 Å². The van der Waals surface area contributed by atoms with E-state index in [1.165, 1.54) is 48.6 Å². The molecule has 0 fully saturated rings. The Morgan fingerprint density at radius 2 is 0.840 bits per heavy atom. The van der Waals surface area contributed by atoms with Gasteiger partial charge in [0.2, 0.25) is 0 Å². The van der Waals surface area contributed by atoms with Gasteiger partial charge in [-0.05, 0) is 59.7 Å². The number of ketones is 2. The topological polar surface area (TPSA) is 123 Å². The van der Waals surface area contributed by atoms with Crippen molar-refractivity contribution >= 4 is 23.7 Å². The number of benzene rings is 4. The van der Waals surface area contributed by atoms with Gasteiger partial charge in [-0.25, -0.2) is 9.13 Å². The van der Waals surface area contributed by atoms with Crippen LogP contribution >= 0.6 is 0 Å². The molecule has 2 aromatic heterocycles. The maximum Gasteiger partial charge on any atom is 0.185 e. The molecule has 8 nitrogen and oxygen atoms in total. The Labute approximate surface area is 289 Å². The second kappa shape index (κ2) is 15.0. The fourth-order valence-corrected chi connectivity index (χ4v) is 5.35. The first-order valence-electron chi connectivity index (χ1n) is 15.9. The highest BCUT2D eigenvalue weighted by atomic mass is 16.3. The Morgan fingerprint density at radius 1 is 0.480 bits per heavy atom. The van der Waals surface area contributed by atoms with E-state index < -0.39 is 0 Å². The third kappa shape index (κ3) is 8.37. The summed E-state index contributed by atoms with van der Waals surface area (Å²) in [6, 6.07) is 31.5. The number of hydrogen-bond acceptors (Lipinski definition) is 6. The predicted molar refractivity (Wildman–Crippen MR) is 190 cm³/mol. The van der Waals surface area contributed by atoms with Gasteiger partial charge < -0.3 is 20.4 Å². The van der Waals surface area contributed by atoms with Crippen LogP contribution < -0.4 is 9.13 Å². The molecule has 4 aromatic carbocycles. The van der Waals surface area contributed by atoms with Crippen LogP contribution in [-0.2, 0) is 13.1 Å². The van der Waals surface area contributed by atoms with Crippen LogP contribution in [0.2, 0.25) is 0 Å². The van der Waals surface area contributed by atoms with E-state index in [1.807, 2.05) is 49.1 Å². The first kappa shape index (κ1) is 33.1. The molecule has 4 N–H and O–H groups in total. The number of nitrogens with zero attached hydrogens (tertiary/aromatic N) is 2. The Balaban J connectivity index is 1.01. The summed E-state index contributed by atoms with van der Waals surface area (Å²) in [5.74, 6) is -0.653. The molecule has 0 radical (unpaired) electrons. The summed E-state index contributed by atoms with van der Waals surface area (Å²) >= 11 is 0. The minimum atomic E-state index is -0.185. The number of carbonyl (C=O) groups excluding carboxylic acids is 2. The molecule has 0 bridgehead atoms. The summed E-state index contributed by atoms with van der Waals surface area (Å²) in [5.41, 5.74) is 6.22. The van der Waals surface area contributed by atoms with Gasteiger partial charge in [0, 0.05) is 69.8 Å². The number of phenols is 4. The van der Waals surface area contributed by atoms with Crippen LogP contribution in [0.4, 0.5) is 0 Å². The highest BCUT2D eigenvalue weighted by Gasteiger charge is 2.10. The number of pyridine rings is 2. The molecule has 8 heteroatoms. The van der Waals surface area contributed by atoms with Crippen molar-refractivity contribution in [3.63, 3.8) is 0 Å². The second-order valence-corrected chi connectivity index (χ2v) is 11.8. The van der Waals surface area contributed by atoms with Crippen LogP contribution in [0.3, 0.4) is 0 Å². The zero-order valence-electron chi connectivity index (χ0n) is 26.9. The number of rotatable bonds is 11. The summed E-state index contributed by atoms with van der Waals surface area (Å²) in [4.78, 5) is 25.2. The van der Waals surface area contributed by atoms with Gasteiger partial charge in [-0.3, -0.25) is 9.59 Å². The number of hydrogen-bond donors (Lipinski definition) is 4. The lowest BCUT2D eigenvalue weighted by atomic mass is 10.1. The Bertz CT molecular complexity index is 2040. The summed E-state index contributed by atoms with van der Waals surface area (Å²) in [6.07, 6.45) is 13.9. The van der Waals surface area contributed by atoms with Crippen molar-refractivity contribution in [1.29, 1.82) is 0 Å². The van der Waals surface area contributed by atoms with Crippen molar-refractivity contribution in [2.45, 2.75) is 13.1 Å². The average Bonchev–Trinajstić information content (AvgIpc) is 3.12.